The number of ketones is 1. The molecular weight excluding hydrogens is 382 g/mol. The van der Waals surface area contributed by atoms with Crippen LogP contribution < -0.4 is 0 Å². The summed E-state index contributed by atoms with van der Waals surface area (Å²) in [6, 6.07) is 18.0. The van der Waals surface area contributed by atoms with Crippen molar-refractivity contribution < 1.29 is 9.90 Å². The van der Waals surface area contributed by atoms with Crippen molar-refractivity contribution in [3.05, 3.63) is 82.9 Å². The van der Waals surface area contributed by atoms with Crippen LogP contribution in [0.15, 0.2) is 60.7 Å². The Hall–Kier alpha value is -2.49. The lowest BCUT2D eigenvalue weighted by Crippen LogP contribution is -2.37. The molecular formula is C28H33NO2. The number of benzene rings is 2. The number of rotatable bonds is 9. The molecule has 31 heavy (non-hydrogen) atoms. The first-order valence-corrected chi connectivity index (χ1v) is 11.6. The van der Waals surface area contributed by atoms with Gasteiger partial charge in [0.25, 0.3) is 0 Å². The molecule has 0 bridgehead atoms. The van der Waals surface area contributed by atoms with Gasteiger partial charge in [-0.25, -0.2) is 0 Å². The second-order valence-corrected chi connectivity index (χ2v) is 8.80. The maximum absolute atomic E-state index is 11.3. The second kappa shape index (κ2) is 10.7. The van der Waals surface area contributed by atoms with E-state index in [0.29, 0.717) is 6.04 Å². The summed E-state index contributed by atoms with van der Waals surface area (Å²) in [5.41, 5.74) is 6.72. The number of aliphatic hydroxyl groups excluding tert-OH is 1. The van der Waals surface area contributed by atoms with E-state index in [4.69, 9.17) is 5.11 Å². The average molecular weight is 416 g/mol. The zero-order chi connectivity index (χ0) is 21.5. The molecule has 162 valence electrons. The van der Waals surface area contributed by atoms with Gasteiger partial charge in [0.05, 0.1) is 0 Å². The van der Waals surface area contributed by atoms with Crippen LogP contribution in [0.5, 0.6) is 0 Å². The second-order valence-electron chi connectivity index (χ2n) is 8.80. The van der Waals surface area contributed by atoms with Crippen LogP contribution in [0.1, 0.15) is 60.8 Å². The summed E-state index contributed by atoms with van der Waals surface area (Å²) in [5, 5.41) is 8.85. The molecule has 0 amide bonds. The molecule has 2 aliphatic carbocycles. The van der Waals surface area contributed by atoms with Gasteiger partial charge in [-0.3, -0.25) is 9.69 Å². The molecule has 0 spiro atoms. The lowest BCUT2D eigenvalue weighted by molar-refractivity contribution is -0.117. The molecule has 0 atom stereocenters. The summed E-state index contributed by atoms with van der Waals surface area (Å²) in [5.74, 6) is -0.268. The van der Waals surface area contributed by atoms with E-state index in [-0.39, 0.29) is 5.78 Å². The van der Waals surface area contributed by atoms with E-state index < -0.39 is 6.61 Å². The molecule has 1 saturated carbocycles. The summed E-state index contributed by atoms with van der Waals surface area (Å²) in [7, 11) is 0. The van der Waals surface area contributed by atoms with Gasteiger partial charge in [0.2, 0.25) is 0 Å². The van der Waals surface area contributed by atoms with E-state index in [2.05, 4.69) is 59.5 Å². The van der Waals surface area contributed by atoms with Gasteiger partial charge in [0.1, 0.15) is 6.61 Å². The largest absolute Gasteiger partial charge is 0.388 e. The first kappa shape index (κ1) is 21.7. The Morgan fingerprint density at radius 1 is 1.03 bits per heavy atom. The van der Waals surface area contributed by atoms with E-state index in [9.17, 15) is 4.79 Å². The zero-order valence-electron chi connectivity index (χ0n) is 18.3. The van der Waals surface area contributed by atoms with Gasteiger partial charge in [0.15, 0.2) is 5.78 Å². The van der Waals surface area contributed by atoms with Crippen LogP contribution in [0.3, 0.4) is 0 Å². The number of nitrogens with zero attached hydrogens (tertiary/aromatic N) is 1. The number of carbonyl (C=O) groups excluding carboxylic acids is 1. The van der Waals surface area contributed by atoms with Gasteiger partial charge in [-0.05, 0) is 59.6 Å². The minimum absolute atomic E-state index is 0.268. The minimum atomic E-state index is -0.439. The fourth-order valence-electron chi connectivity index (χ4n) is 4.90. The number of aliphatic hydroxyl groups is 1. The van der Waals surface area contributed by atoms with Gasteiger partial charge >= 0.3 is 0 Å². The molecule has 0 unspecified atom stereocenters. The number of hydrogen-bond donors (Lipinski definition) is 1. The van der Waals surface area contributed by atoms with E-state index in [0.717, 1.165) is 31.5 Å². The van der Waals surface area contributed by atoms with Crippen LogP contribution in [0.25, 0.3) is 11.6 Å². The first-order chi connectivity index (χ1) is 15.2. The van der Waals surface area contributed by atoms with Gasteiger partial charge in [-0.2, -0.15) is 0 Å². The lowest BCUT2D eigenvalue weighted by Gasteiger charge is -2.34. The highest BCUT2D eigenvalue weighted by molar-refractivity contribution is 5.94. The third-order valence-corrected chi connectivity index (χ3v) is 6.67. The summed E-state index contributed by atoms with van der Waals surface area (Å²) < 4.78 is 0. The maximum atomic E-state index is 11.3. The molecule has 2 aromatic rings. The fourth-order valence-corrected chi connectivity index (χ4v) is 4.90. The van der Waals surface area contributed by atoms with Gasteiger partial charge in [-0.15, -0.1) is 0 Å². The number of allylic oxidation sites excluding steroid dienone is 1. The van der Waals surface area contributed by atoms with E-state index in [1.807, 2.05) is 0 Å². The predicted octanol–water partition coefficient (Wildman–Crippen LogP) is 5.43. The highest BCUT2D eigenvalue weighted by atomic mass is 16.3. The summed E-state index contributed by atoms with van der Waals surface area (Å²) >= 11 is 0. The van der Waals surface area contributed by atoms with Crippen molar-refractivity contribution >= 4 is 17.4 Å². The number of fused-ring (bicyclic) bond motifs is 1. The van der Waals surface area contributed by atoms with Crippen molar-refractivity contribution in [1.82, 2.24) is 4.90 Å². The number of carbonyl (C=O) groups is 1. The molecule has 2 aromatic carbocycles. The summed E-state index contributed by atoms with van der Waals surface area (Å²) in [4.78, 5) is 14.0. The third kappa shape index (κ3) is 5.81. The van der Waals surface area contributed by atoms with Gasteiger partial charge in [-0.1, -0.05) is 79.9 Å². The molecule has 0 heterocycles. The Bertz CT molecular complexity index is 936. The monoisotopic (exact) mass is 415 g/mol. The highest BCUT2D eigenvalue weighted by Crippen LogP contribution is 2.31. The van der Waals surface area contributed by atoms with Crippen molar-refractivity contribution in [3.63, 3.8) is 0 Å². The van der Waals surface area contributed by atoms with Crippen molar-refractivity contribution in [1.29, 1.82) is 0 Å². The fraction of sp³-hybridized carbons (Fsp3) is 0.393. The first-order valence-electron chi connectivity index (χ1n) is 11.6. The Balaban J connectivity index is 1.42. The zero-order valence-corrected chi connectivity index (χ0v) is 18.3. The lowest BCUT2D eigenvalue weighted by atomic mass is 9.93. The van der Waals surface area contributed by atoms with Crippen LogP contribution in [0, 0.1) is 0 Å². The molecule has 0 saturated heterocycles. The molecule has 0 aliphatic heterocycles. The van der Waals surface area contributed by atoms with Crippen LogP contribution >= 0.6 is 0 Å². The Kier molecular flexibility index (Phi) is 7.50. The standard InChI is InChI=1S/C28H33NO2/c30-21-27(31)17-14-22-10-12-23(13-11-22)20-29(26-7-2-1-3-8-26)19-18-25-16-15-24-6-4-5-9-28(24)25/h4-6,9-14,16-17,26,30H,1-3,7-8,15,18-21H2/b17-14+. The van der Waals surface area contributed by atoms with Gasteiger partial charge < -0.3 is 5.11 Å². The minimum Gasteiger partial charge on any atom is -0.388 e. The molecule has 3 nitrogen and oxygen atoms in total. The topological polar surface area (TPSA) is 40.5 Å². The normalized spacial score (nSPS) is 16.6. The van der Waals surface area contributed by atoms with Crippen molar-refractivity contribution in [2.75, 3.05) is 13.2 Å². The maximum Gasteiger partial charge on any atom is 0.181 e. The van der Waals surface area contributed by atoms with Crippen molar-refractivity contribution in [2.45, 2.75) is 57.5 Å². The molecule has 0 aromatic heterocycles. The molecule has 4 rings (SSSR count). The Labute approximate surface area is 186 Å². The highest BCUT2D eigenvalue weighted by Gasteiger charge is 2.22. The van der Waals surface area contributed by atoms with E-state index >= 15 is 0 Å². The third-order valence-electron chi connectivity index (χ3n) is 6.67. The summed E-state index contributed by atoms with van der Waals surface area (Å²) in [6.07, 6.45) is 14.5. The number of hydrogen-bond acceptors (Lipinski definition) is 3. The predicted molar refractivity (Wildman–Crippen MR) is 128 cm³/mol. The van der Waals surface area contributed by atoms with Crippen LogP contribution in [0.2, 0.25) is 0 Å². The van der Waals surface area contributed by atoms with Crippen LogP contribution in [0.4, 0.5) is 0 Å². The Morgan fingerprint density at radius 3 is 2.58 bits per heavy atom. The smallest absolute Gasteiger partial charge is 0.181 e. The molecule has 2 aliphatic rings. The van der Waals surface area contributed by atoms with E-state index in [1.165, 1.54) is 60.4 Å². The molecule has 1 N–H and O–H groups in total. The quantitative estimate of drug-likeness (QED) is 0.556. The van der Waals surface area contributed by atoms with Gasteiger partial charge in [0, 0.05) is 19.1 Å². The van der Waals surface area contributed by atoms with Crippen LogP contribution in [-0.2, 0) is 17.8 Å². The molecule has 0 radical (unpaired) electrons. The molecule has 1 fully saturated rings. The van der Waals surface area contributed by atoms with Crippen molar-refractivity contribution in [3.8, 4) is 0 Å². The SMILES string of the molecule is O=C(/C=C/c1ccc(CN(CCC2=CCc3ccccc32)C2CCCCC2)cc1)CO. The summed E-state index contributed by atoms with van der Waals surface area (Å²) in [6.45, 7) is 1.63. The average Bonchev–Trinajstić information content (AvgIpc) is 3.24. The van der Waals surface area contributed by atoms with Crippen molar-refractivity contribution in [2.24, 2.45) is 0 Å². The molecule has 3 heteroatoms. The van der Waals surface area contributed by atoms with Crippen LogP contribution in [-0.4, -0.2) is 35.0 Å². The van der Waals surface area contributed by atoms with E-state index in [1.54, 1.807) is 6.08 Å². The Morgan fingerprint density at radius 2 is 1.81 bits per heavy atom.